The van der Waals surface area contributed by atoms with E-state index in [0.29, 0.717) is 32.1 Å². The molecule has 1 aliphatic heterocycles. The van der Waals surface area contributed by atoms with Gasteiger partial charge in [-0.2, -0.15) is 0 Å². The van der Waals surface area contributed by atoms with Crippen LogP contribution in [0.2, 0.25) is 0 Å². The Hall–Kier alpha value is -2.09. The monoisotopic (exact) mass is 678 g/mol. The molecule has 0 bridgehead atoms. The third-order valence-electron chi connectivity index (χ3n) is 15.2. The van der Waals surface area contributed by atoms with Crippen LogP contribution >= 0.6 is 0 Å². The van der Waals surface area contributed by atoms with E-state index >= 15 is 0 Å². The van der Waals surface area contributed by atoms with Gasteiger partial charge < -0.3 is 45.2 Å². The van der Waals surface area contributed by atoms with Crippen molar-refractivity contribution in [2.45, 2.75) is 142 Å². The first-order valence-corrected chi connectivity index (χ1v) is 17.5. The number of fused-ring (bicyclic) bond motifs is 7. The molecule has 5 aliphatic carbocycles. The van der Waals surface area contributed by atoms with Crippen LogP contribution in [-0.2, 0) is 23.9 Å². The van der Waals surface area contributed by atoms with E-state index in [9.17, 15) is 50.1 Å². The summed E-state index contributed by atoms with van der Waals surface area (Å²) >= 11 is 0. The molecule has 48 heavy (non-hydrogen) atoms. The highest BCUT2D eigenvalue weighted by Crippen LogP contribution is 2.76. The first-order valence-electron chi connectivity index (χ1n) is 17.5. The number of hydrogen-bond acceptors (Lipinski definition) is 9. The highest BCUT2D eigenvalue weighted by molar-refractivity contribution is 5.77. The number of hydrogen-bond donors (Lipinski definition) is 7. The first kappa shape index (κ1) is 35.7. The second kappa shape index (κ2) is 11.2. The van der Waals surface area contributed by atoms with E-state index in [2.05, 4.69) is 40.7 Å². The standard InChI is InChI=1S/C36H54O12/c1-31(2)11-13-36(30(45)46)14-12-33(4)17(18(36)15-31)7-8-20-32(3)16-19(37)26(35(6,29(43)44)21(32)9-10-34(20,33)5)48-28-24(40)22(38)23(39)25(47-28)27(41)42/h7,18-26,28,37-40H,8-16H2,1-6H3,(H,41,42)(H,43,44)(H,45,46)/t18?,19-,20?,21?,22-,23-,24+,25-,26-,28-,32+,33+,34+,35-,36-/m0/s1. The quantitative estimate of drug-likeness (QED) is 0.165. The minimum Gasteiger partial charge on any atom is -0.481 e. The van der Waals surface area contributed by atoms with Crippen LogP contribution in [0.3, 0.4) is 0 Å². The second-order valence-electron chi connectivity index (χ2n) is 17.8. The zero-order chi connectivity index (χ0) is 35.6. The van der Waals surface area contributed by atoms with Crippen molar-refractivity contribution in [2.75, 3.05) is 0 Å². The summed E-state index contributed by atoms with van der Waals surface area (Å²) in [4.78, 5) is 38.0. The Labute approximate surface area is 281 Å². The number of aliphatic hydroxyl groups is 4. The van der Waals surface area contributed by atoms with Crippen molar-refractivity contribution in [3.05, 3.63) is 11.6 Å². The molecule has 0 radical (unpaired) electrons. The zero-order valence-electron chi connectivity index (χ0n) is 28.9. The number of aliphatic carboxylic acids is 3. The van der Waals surface area contributed by atoms with Gasteiger partial charge >= 0.3 is 17.9 Å². The molecule has 6 aliphatic rings. The van der Waals surface area contributed by atoms with Crippen molar-refractivity contribution in [2.24, 2.45) is 50.2 Å². The lowest BCUT2D eigenvalue weighted by atomic mass is 9.33. The molecule has 12 heteroatoms. The number of carbonyl (C=O) groups is 3. The van der Waals surface area contributed by atoms with Crippen molar-refractivity contribution >= 4 is 17.9 Å². The van der Waals surface area contributed by atoms with E-state index in [4.69, 9.17) is 9.47 Å². The summed E-state index contributed by atoms with van der Waals surface area (Å²) in [7, 11) is 0. The summed E-state index contributed by atoms with van der Waals surface area (Å²) < 4.78 is 11.4. The van der Waals surface area contributed by atoms with E-state index in [1.54, 1.807) is 0 Å². The van der Waals surface area contributed by atoms with Gasteiger partial charge in [0.2, 0.25) is 0 Å². The number of allylic oxidation sites excluding steroid dienone is 2. The molecule has 3 unspecified atom stereocenters. The molecule has 15 atom stereocenters. The highest BCUT2D eigenvalue weighted by Gasteiger charge is 2.72. The van der Waals surface area contributed by atoms with Gasteiger partial charge in [-0.1, -0.05) is 46.3 Å². The van der Waals surface area contributed by atoms with Gasteiger partial charge in [-0.3, -0.25) is 9.59 Å². The maximum absolute atomic E-state index is 13.3. The van der Waals surface area contributed by atoms with E-state index in [0.717, 1.165) is 19.3 Å². The fourth-order valence-corrected chi connectivity index (χ4v) is 12.2. The fraction of sp³-hybridized carbons (Fsp3) is 0.861. The van der Waals surface area contributed by atoms with Crippen molar-refractivity contribution in [3.8, 4) is 0 Å². The van der Waals surface area contributed by atoms with Crippen LogP contribution in [0, 0.1) is 50.2 Å². The Morgan fingerprint density at radius 1 is 0.792 bits per heavy atom. The first-order chi connectivity index (χ1) is 22.1. The molecule has 6 rings (SSSR count). The van der Waals surface area contributed by atoms with Gasteiger partial charge in [-0.05, 0) is 104 Å². The predicted octanol–water partition coefficient (Wildman–Crippen LogP) is 3.19. The van der Waals surface area contributed by atoms with Gasteiger partial charge in [-0.25, -0.2) is 4.79 Å². The molecule has 0 aromatic rings. The number of aliphatic hydroxyl groups excluding tert-OH is 4. The van der Waals surface area contributed by atoms with Crippen molar-refractivity contribution < 1.29 is 59.6 Å². The lowest BCUT2D eigenvalue weighted by Crippen LogP contribution is -2.70. The van der Waals surface area contributed by atoms with Gasteiger partial charge in [0.1, 0.15) is 24.4 Å². The highest BCUT2D eigenvalue weighted by atomic mass is 16.7. The van der Waals surface area contributed by atoms with Gasteiger partial charge in [0.15, 0.2) is 12.4 Å². The molecule has 5 fully saturated rings. The van der Waals surface area contributed by atoms with Crippen molar-refractivity contribution in [1.82, 2.24) is 0 Å². The fourth-order valence-electron chi connectivity index (χ4n) is 12.2. The smallest absolute Gasteiger partial charge is 0.335 e. The summed E-state index contributed by atoms with van der Waals surface area (Å²) in [6, 6.07) is 0. The van der Waals surface area contributed by atoms with E-state index in [1.807, 2.05) is 0 Å². The summed E-state index contributed by atoms with van der Waals surface area (Å²) in [5, 5.41) is 74.1. The molecule has 0 spiro atoms. The van der Waals surface area contributed by atoms with E-state index in [1.165, 1.54) is 12.5 Å². The number of rotatable bonds is 5. The van der Waals surface area contributed by atoms with E-state index in [-0.39, 0.29) is 34.5 Å². The SMILES string of the molecule is CC1(C)CC[C@]2(C(=O)O)CC[C@]3(C)C(=CCC4[C@@]5(C)C[C@H](O)[C@H](O[C@@H]6O[C@H](C(=O)O)[C@@H](O)[C@H](O)[C@H]6O)[C@@](C)(C(=O)O)C5CC[C@]43C)C2C1. The lowest BCUT2D eigenvalue weighted by molar-refractivity contribution is -0.335. The van der Waals surface area contributed by atoms with E-state index < -0.39 is 83.0 Å². The third-order valence-corrected chi connectivity index (χ3v) is 15.2. The lowest BCUT2D eigenvalue weighted by Gasteiger charge is -2.71. The van der Waals surface area contributed by atoms with Crippen LogP contribution in [0.25, 0.3) is 0 Å². The molecular weight excluding hydrogens is 624 g/mol. The number of ether oxygens (including phenoxy) is 2. The minimum atomic E-state index is -1.94. The molecular formula is C36H54O12. The van der Waals surface area contributed by atoms with Crippen molar-refractivity contribution in [3.63, 3.8) is 0 Å². The zero-order valence-corrected chi connectivity index (χ0v) is 28.9. The Balaban J connectivity index is 1.36. The van der Waals surface area contributed by atoms with Gasteiger partial charge in [0.25, 0.3) is 0 Å². The molecule has 1 saturated heterocycles. The average Bonchev–Trinajstić information content (AvgIpc) is 2.98. The Bertz CT molecular complexity index is 1390. The Morgan fingerprint density at radius 2 is 1.44 bits per heavy atom. The van der Waals surface area contributed by atoms with Gasteiger partial charge in [-0.15, -0.1) is 0 Å². The maximum atomic E-state index is 13.3. The average molecular weight is 679 g/mol. The molecule has 0 aromatic carbocycles. The second-order valence-corrected chi connectivity index (χ2v) is 17.8. The van der Waals surface area contributed by atoms with Crippen LogP contribution < -0.4 is 0 Å². The van der Waals surface area contributed by atoms with Gasteiger partial charge in [0, 0.05) is 0 Å². The summed E-state index contributed by atoms with van der Waals surface area (Å²) in [5.41, 5.74) is -2.53. The molecule has 1 heterocycles. The Morgan fingerprint density at radius 3 is 2.04 bits per heavy atom. The maximum Gasteiger partial charge on any atom is 0.335 e. The normalized spacial score (nSPS) is 52.8. The summed E-state index contributed by atoms with van der Waals surface area (Å²) in [6.45, 7) is 12.6. The Kier molecular flexibility index (Phi) is 8.34. The number of carboxylic acids is 3. The third kappa shape index (κ3) is 4.65. The van der Waals surface area contributed by atoms with Crippen LogP contribution in [0.15, 0.2) is 11.6 Å². The summed E-state index contributed by atoms with van der Waals surface area (Å²) in [5.74, 6) is -4.12. The van der Waals surface area contributed by atoms with Crippen LogP contribution in [0.4, 0.5) is 0 Å². The topological polar surface area (TPSA) is 211 Å². The molecule has 12 nitrogen and oxygen atoms in total. The molecule has 0 amide bonds. The predicted molar refractivity (Wildman–Crippen MR) is 169 cm³/mol. The summed E-state index contributed by atoms with van der Waals surface area (Å²) in [6.07, 6.45) is -4.39. The van der Waals surface area contributed by atoms with Crippen LogP contribution in [0.1, 0.15) is 99.3 Å². The number of carboxylic acid groups (broad SMARTS) is 3. The molecule has 4 saturated carbocycles. The van der Waals surface area contributed by atoms with Gasteiger partial charge in [0.05, 0.1) is 16.9 Å². The van der Waals surface area contributed by atoms with Crippen LogP contribution in [-0.4, -0.2) is 96.6 Å². The molecule has 0 aromatic heterocycles. The minimum absolute atomic E-state index is 0.0180. The van der Waals surface area contributed by atoms with Crippen LogP contribution in [0.5, 0.6) is 0 Å². The molecule has 270 valence electrons. The largest absolute Gasteiger partial charge is 0.481 e. The molecule has 7 N–H and O–H groups in total. The van der Waals surface area contributed by atoms with Crippen molar-refractivity contribution in [1.29, 1.82) is 0 Å².